The Balaban J connectivity index is 1.64. The third kappa shape index (κ3) is 4.57. The Morgan fingerprint density at radius 1 is 1.16 bits per heavy atom. The second-order valence-corrected chi connectivity index (χ2v) is 7.74. The highest BCUT2D eigenvalue weighted by Gasteiger charge is 2.17. The number of carbonyl (C=O) groups is 1. The van der Waals surface area contributed by atoms with Crippen molar-refractivity contribution in [2.24, 2.45) is 7.05 Å². The van der Waals surface area contributed by atoms with Gasteiger partial charge in [-0.25, -0.2) is 0 Å². The van der Waals surface area contributed by atoms with Crippen molar-refractivity contribution in [3.05, 3.63) is 50.9 Å². The molecule has 0 saturated carbocycles. The highest BCUT2D eigenvalue weighted by Crippen LogP contribution is 2.27. The van der Waals surface area contributed by atoms with Crippen LogP contribution in [0.3, 0.4) is 0 Å². The molecule has 2 heterocycles. The fourth-order valence-electron chi connectivity index (χ4n) is 3.94. The van der Waals surface area contributed by atoms with Crippen LogP contribution in [0.15, 0.2) is 23.0 Å². The summed E-state index contributed by atoms with van der Waals surface area (Å²) in [4.78, 5) is 29.9. The average Bonchev–Trinajstić information content (AvgIpc) is 3.04. The number of aryl methyl sites for hydroxylation is 3. The van der Waals surface area contributed by atoms with E-state index >= 15 is 0 Å². The number of fused-ring (bicyclic) bond motifs is 1. The number of rotatable bonds is 8. The van der Waals surface area contributed by atoms with Crippen LogP contribution >= 0.6 is 0 Å². The van der Waals surface area contributed by atoms with Crippen LogP contribution in [0.4, 0.5) is 0 Å². The third-order valence-corrected chi connectivity index (χ3v) is 5.75. The third-order valence-electron chi connectivity index (χ3n) is 5.75. The van der Waals surface area contributed by atoms with Crippen LogP contribution in [0.2, 0.25) is 0 Å². The lowest BCUT2D eigenvalue weighted by atomic mass is 10.0. The van der Waals surface area contributed by atoms with E-state index in [1.54, 1.807) is 37.9 Å². The van der Waals surface area contributed by atoms with Gasteiger partial charge in [-0.1, -0.05) is 6.07 Å². The highest BCUT2D eigenvalue weighted by atomic mass is 16.5. The average molecular weight is 427 g/mol. The molecular weight excluding hydrogens is 396 g/mol. The molecule has 0 atom stereocenters. The first-order valence-corrected chi connectivity index (χ1v) is 10.3. The van der Waals surface area contributed by atoms with E-state index in [0.717, 1.165) is 22.2 Å². The van der Waals surface area contributed by atoms with Crippen LogP contribution in [0.1, 0.15) is 28.8 Å². The minimum atomic E-state index is -0.159. The summed E-state index contributed by atoms with van der Waals surface area (Å²) in [5.74, 6) is 1.35. The summed E-state index contributed by atoms with van der Waals surface area (Å²) in [5.41, 5.74) is 4.01. The lowest BCUT2D eigenvalue weighted by Crippen LogP contribution is -2.29. The number of benzene rings is 1. The second kappa shape index (κ2) is 9.24. The summed E-state index contributed by atoms with van der Waals surface area (Å²) in [6, 6.07) is 5.75. The van der Waals surface area contributed by atoms with Gasteiger partial charge in [0.15, 0.2) is 11.5 Å². The number of hydrogen-bond acceptors (Lipinski definition) is 5. The topological polar surface area (TPSA) is 89.5 Å². The molecule has 0 radical (unpaired) electrons. The first-order chi connectivity index (χ1) is 14.8. The fourth-order valence-corrected chi connectivity index (χ4v) is 3.94. The zero-order valence-electron chi connectivity index (χ0n) is 19.0. The van der Waals surface area contributed by atoms with E-state index in [2.05, 4.69) is 10.1 Å². The van der Waals surface area contributed by atoms with E-state index < -0.39 is 0 Å². The number of likely N-dealkylation sites (N-methyl/N-ethyl adjacent to an activating group) is 1. The predicted molar refractivity (Wildman–Crippen MR) is 120 cm³/mol. The molecule has 0 fully saturated rings. The minimum Gasteiger partial charge on any atom is -0.493 e. The number of hydrogen-bond donors (Lipinski definition) is 1. The van der Waals surface area contributed by atoms with Crippen molar-refractivity contribution < 1.29 is 14.3 Å². The van der Waals surface area contributed by atoms with Crippen LogP contribution in [0.25, 0.3) is 11.0 Å². The number of amides is 1. The molecule has 166 valence electrons. The predicted octanol–water partition coefficient (Wildman–Crippen LogP) is 2.53. The van der Waals surface area contributed by atoms with Crippen LogP contribution in [0, 0.1) is 13.8 Å². The van der Waals surface area contributed by atoms with E-state index in [1.807, 2.05) is 32.0 Å². The number of H-pyrrole nitrogens is 1. The van der Waals surface area contributed by atoms with Gasteiger partial charge >= 0.3 is 0 Å². The van der Waals surface area contributed by atoms with E-state index in [1.165, 1.54) is 0 Å². The Morgan fingerprint density at radius 2 is 1.87 bits per heavy atom. The van der Waals surface area contributed by atoms with Gasteiger partial charge in [0.05, 0.1) is 19.9 Å². The first-order valence-electron chi connectivity index (χ1n) is 10.3. The van der Waals surface area contributed by atoms with Crippen molar-refractivity contribution in [2.45, 2.75) is 33.1 Å². The standard InChI is InChI=1S/C23H30N4O4/c1-14-17(23(29)24-22-21(14)15(2)25-27(22)4)8-10-20(28)26(3)12-11-16-7-9-18(30-5)19(13-16)31-6/h7,9,13H,8,10-12H2,1-6H3,(H,24,29). The molecule has 0 unspecified atom stereocenters. The van der Waals surface area contributed by atoms with Gasteiger partial charge in [0, 0.05) is 38.0 Å². The Kier molecular flexibility index (Phi) is 6.68. The van der Waals surface area contributed by atoms with E-state index in [-0.39, 0.29) is 17.9 Å². The Labute approximate surface area is 181 Å². The number of aromatic nitrogens is 3. The van der Waals surface area contributed by atoms with Crippen molar-refractivity contribution in [3.63, 3.8) is 0 Å². The van der Waals surface area contributed by atoms with Crippen molar-refractivity contribution >= 4 is 16.9 Å². The van der Waals surface area contributed by atoms with Gasteiger partial charge in [0.1, 0.15) is 5.65 Å². The molecular formula is C23H30N4O4. The maximum absolute atomic E-state index is 12.7. The van der Waals surface area contributed by atoms with Crippen molar-refractivity contribution in [1.82, 2.24) is 19.7 Å². The Bertz CT molecular complexity index is 1160. The second-order valence-electron chi connectivity index (χ2n) is 7.74. The maximum Gasteiger partial charge on any atom is 0.253 e. The number of carbonyl (C=O) groups excluding carboxylic acids is 1. The monoisotopic (exact) mass is 426 g/mol. The number of methoxy groups -OCH3 is 2. The fraction of sp³-hybridized carbons (Fsp3) is 0.435. The summed E-state index contributed by atoms with van der Waals surface area (Å²) in [6.07, 6.45) is 1.37. The highest BCUT2D eigenvalue weighted by molar-refractivity contribution is 5.83. The molecule has 3 aromatic rings. The largest absolute Gasteiger partial charge is 0.493 e. The maximum atomic E-state index is 12.7. The van der Waals surface area contributed by atoms with Crippen LogP contribution in [-0.2, 0) is 24.7 Å². The van der Waals surface area contributed by atoms with E-state index in [9.17, 15) is 9.59 Å². The summed E-state index contributed by atoms with van der Waals surface area (Å²) in [6.45, 7) is 4.42. The molecule has 0 bridgehead atoms. The van der Waals surface area contributed by atoms with Gasteiger partial charge in [-0.3, -0.25) is 14.3 Å². The quantitative estimate of drug-likeness (QED) is 0.598. The Morgan fingerprint density at radius 3 is 2.55 bits per heavy atom. The Hall–Kier alpha value is -3.29. The molecule has 0 aliphatic rings. The van der Waals surface area contributed by atoms with E-state index in [0.29, 0.717) is 42.1 Å². The number of aromatic amines is 1. The zero-order valence-corrected chi connectivity index (χ0v) is 19.0. The molecule has 2 aromatic heterocycles. The van der Waals surface area contributed by atoms with Crippen molar-refractivity contribution in [1.29, 1.82) is 0 Å². The molecule has 1 amide bonds. The minimum absolute atomic E-state index is 0.00211. The summed E-state index contributed by atoms with van der Waals surface area (Å²) >= 11 is 0. The van der Waals surface area contributed by atoms with Gasteiger partial charge in [-0.2, -0.15) is 5.10 Å². The van der Waals surface area contributed by atoms with Crippen LogP contribution in [0.5, 0.6) is 11.5 Å². The molecule has 1 aromatic carbocycles. The number of nitrogens with one attached hydrogen (secondary N) is 1. The van der Waals surface area contributed by atoms with Crippen LogP contribution in [-0.4, -0.2) is 53.4 Å². The van der Waals surface area contributed by atoms with Gasteiger partial charge in [-0.15, -0.1) is 0 Å². The molecule has 3 rings (SSSR count). The normalized spacial score (nSPS) is 11.0. The van der Waals surface area contributed by atoms with Gasteiger partial charge in [-0.05, 0) is 49.9 Å². The van der Waals surface area contributed by atoms with Crippen molar-refractivity contribution in [2.75, 3.05) is 27.8 Å². The molecule has 1 N–H and O–H groups in total. The molecule has 31 heavy (non-hydrogen) atoms. The summed E-state index contributed by atoms with van der Waals surface area (Å²) in [5, 5.41) is 5.34. The van der Waals surface area contributed by atoms with Crippen molar-refractivity contribution in [3.8, 4) is 11.5 Å². The molecule has 8 nitrogen and oxygen atoms in total. The van der Waals surface area contributed by atoms with E-state index in [4.69, 9.17) is 9.47 Å². The lowest BCUT2D eigenvalue weighted by Gasteiger charge is -2.18. The molecule has 8 heteroatoms. The SMILES string of the molecule is COc1ccc(CCN(C)C(=O)CCc2c(C)c3c(C)nn(C)c3[nH]c2=O)cc1OC. The zero-order chi connectivity index (χ0) is 22.7. The molecule has 0 aliphatic carbocycles. The summed E-state index contributed by atoms with van der Waals surface area (Å²) in [7, 11) is 6.80. The van der Waals surface area contributed by atoms with Gasteiger partial charge in [0.25, 0.3) is 5.56 Å². The molecule has 0 aliphatic heterocycles. The first kappa shape index (κ1) is 22.4. The molecule has 0 saturated heterocycles. The lowest BCUT2D eigenvalue weighted by molar-refractivity contribution is -0.129. The summed E-state index contributed by atoms with van der Waals surface area (Å²) < 4.78 is 12.3. The van der Waals surface area contributed by atoms with Gasteiger partial charge in [0.2, 0.25) is 5.91 Å². The van der Waals surface area contributed by atoms with Gasteiger partial charge < -0.3 is 19.4 Å². The molecule has 0 spiro atoms. The number of nitrogens with zero attached hydrogens (tertiary/aromatic N) is 3. The number of pyridine rings is 1. The smallest absolute Gasteiger partial charge is 0.253 e. The van der Waals surface area contributed by atoms with Crippen LogP contribution < -0.4 is 15.0 Å². The number of ether oxygens (including phenoxy) is 2.